The summed E-state index contributed by atoms with van der Waals surface area (Å²) in [5.74, 6) is 0.265. The molecule has 176 valence electrons. The highest BCUT2D eigenvalue weighted by molar-refractivity contribution is 8.00. The summed E-state index contributed by atoms with van der Waals surface area (Å²) >= 11 is 1.43. The highest BCUT2D eigenvalue weighted by Crippen LogP contribution is 2.37. The van der Waals surface area contributed by atoms with E-state index in [2.05, 4.69) is 10.6 Å². The smallest absolute Gasteiger partial charge is 0.262 e. The van der Waals surface area contributed by atoms with Crippen molar-refractivity contribution in [3.8, 4) is 5.75 Å². The van der Waals surface area contributed by atoms with Crippen molar-refractivity contribution in [1.29, 1.82) is 0 Å². The third kappa shape index (κ3) is 7.22. The number of carbonyl (C=O) groups is 2. The number of ether oxygens (including phenoxy) is 1. The lowest BCUT2D eigenvalue weighted by Crippen LogP contribution is -2.20. The molecule has 0 aliphatic rings. The Bertz CT molecular complexity index is 1260. The number of carbonyl (C=O) groups excluding carboxylic acids is 2. The van der Waals surface area contributed by atoms with Crippen LogP contribution in [0.1, 0.15) is 16.4 Å². The normalized spacial score (nSPS) is 11.3. The van der Waals surface area contributed by atoms with Gasteiger partial charge in [0.1, 0.15) is 11.0 Å². The van der Waals surface area contributed by atoms with E-state index in [0.717, 1.165) is 21.7 Å². The highest BCUT2D eigenvalue weighted by Gasteiger charge is 2.22. The van der Waals surface area contributed by atoms with Gasteiger partial charge in [0.2, 0.25) is 5.91 Å². The predicted octanol–water partition coefficient (Wildman–Crippen LogP) is 6.48. The van der Waals surface area contributed by atoms with Gasteiger partial charge in [-0.15, -0.1) is 11.8 Å². The maximum absolute atomic E-state index is 13.3. The Kier molecular flexibility index (Phi) is 8.20. The molecule has 0 aliphatic heterocycles. The predicted molar refractivity (Wildman–Crippen MR) is 142 cm³/mol. The number of para-hydroxylation sites is 1. The van der Waals surface area contributed by atoms with Gasteiger partial charge < -0.3 is 15.4 Å². The molecule has 0 saturated heterocycles. The van der Waals surface area contributed by atoms with Crippen LogP contribution < -0.4 is 15.4 Å². The first-order chi connectivity index (χ1) is 17.1. The first-order valence-electron chi connectivity index (χ1n) is 11.2. The molecule has 4 aromatic carbocycles. The highest BCUT2D eigenvalue weighted by atomic mass is 32.2. The van der Waals surface area contributed by atoms with Crippen LogP contribution in [0, 0.1) is 6.92 Å². The minimum absolute atomic E-state index is 0.0903. The zero-order valence-electron chi connectivity index (χ0n) is 19.3. The second kappa shape index (κ2) is 11.9. The number of anilines is 2. The molecule has 1 unspecified atom stereocenters. The fourth-order valence-electron chi connectivity index (χ4n) is 3.39. The van der Waals surface area contributed by atoms with Crippen molar-refractivity contribution in [2.75, 3.05) is 17.2 Å². The SMILES string of the molecule is Cc1ccc(NC(=O)C(Sc2cccc(NC(=O)COc3ccccc3)c2)c2ccccc2)cc1. The summed E-state index contributed by atoms with van der Waals surface area (Å²) in [5, 5.41) is 5.42. The lowest BCUT2D eigenvalue weighted by atomic mass is 10.1. The molecule has 2 N–H and O–H groups in total. The van der Waals surface area contributed by atoms with Crippen LogP contribution >= 0.6 is 11.8 Å². The molecule has 1 atom stereocenters. The number of aryl methyl sites for hydroxylation is 1. The Morgan fingerprint density at radius 3 is 2.17 bits per heavy atom. The monoisotopic (exact) mass is 482 g/mol. The number of rotatable bonds is 9. The molecule has 0 saturated carbocycles. The third-order valence-corrected chi connectivity index (χ3v) is 6.39. The number of amides is 2. The first-order valence-corrected chi connectivity index (χ1v) is 12.1. The Labute approximate surface area is 209 Å². The molecule has 0 radical (unpaired) electrons. The van der Waals surface area contributed by atoms with E-state index in [9.17, 15) is 9.59 Å². The topological polar surface area (TPSA) is 67.4 Å². The lowest BCUT2D eigenvalue weighted by Gasteiger charge is -2.18. The van der Waals surface area contributed by atoms with Gasteiger partial charge in [-0.3, -0.25) is 9.59 Å². The summed E-state index contributed by atoms with van der Waals surface area (Å²) in [7, 11) is 0. The molecule has 0 spiro atoms. The fourth-order valence-corrected chi connectivity index (χ4v) is 4.47. The molecule has 35 heavy (non-hydrogen) atoms. The number of nitrogens with one attached hydrogen (secondary N) is 2. The van der Waals surface area contributed by atoms with Crippen molar-refractivity contribution in [3.63, 3.8) is 0 Å². The van der Waals surface area contributed by atoms with E-state index in [1.54, 1.807) is 12.1 Å². The molecule has 6 heteroatoms. The minimum atomic E-state index is -0.468. The van der Waals surface area contributed by atoms with Gasteiger partial charge in [0.05, 0.1) is 0 Å². The van der Waals surface area contributed by atoms with Crippen LogP contribution in [0.15, 0.2) is 114 Å². The van der Waals surface area contributed by atoms with E-state index in [4.69, 9.17) is 4.74 Å². The molecular formula is C29H26N2O3S. The van der Waals surface area contributed by atoms with Crippen LogP contribution in [-0.2, 0) is 9.59 Å². The second-order valence-corrected chi connectivity index (χ2v) is 9.12. The summed E-state index contributed by atoms with van der Waals surface area (Å²) in [5.41, 5.74) is 3.42. The van der Waals surface area contributed by atoms with E-state index in [1.807, 2.05) is 104 Å². The van der Waals surface area contributed by atoms with Crippen LogP contribution in [0.25, 0.3) is 0 Å². The lowest BCUT2D eigenvalue weighted by molar-refractivity contribution is -0.118. The van der Waals surface area contributed by atoms with Crippen LogP contribution in [0.3, 0.4) is 0 Å². The van der Waals surface area contributed by atoms with Gasteiger partial charge >= 0.3 is 0 Å². The average molecular weight is 483 g/mol. The quantitative estimate of drug-likeness (QED) is 0.268. The summed E-state index contributed by atoms with van der Waals surface area (Å²) in [4.78, 5) is 26.5. The molecule has 0 bridgehead atoms. The minimum Gasteiger partial charge on any atom is -0.484 e. The molecule has 0 aliphatic carbocycles. The molecule has 0 heterocycles. The van der Waals surface area contributed by atoms with E-state index in [-0.39, 0.29) is 18.4 Å². The Morgan fingerprint density at radius 2 is 1.46 bits per heavy atom. The van der Waals surface area contributed by atoms with Crippen LogP contribution in [0.5, 0.6) is 5.75 Å². The van der Waals surface area contributed by atoms with Crippen molar-refractivity contribution < 1.29 is 14.3 Å². The van der Waals surface area contributed by atoms with Gasteiger partial charge in [-0.1, -0.05) is 72.3 Å². The standard InChI is InChI=1S/C29H26N2O3S/c1-21-15-17-23(18-16-21)31-29(33)28(22-9-4-2-5-10-22)35-26-14-8-11-24(19-26)30-27(32)20-34-25-12-6-3-7-13-25/h2-19,28H,20H2,1H3,(H,30,32)(H,31,33). The van der Waals surface area contributed by atoms with Gasteiger partial charge in [-0.25, -0.2) is 0 Å². The molecule has 2 amide bonds. The van der Waals surface area contributed by atoms with Gasteiger partial charge in [0.25, 0.3) is 5.91 Å². The van der Waals surface area contributed by atoms with Crippen molar-refractivity contribution >= 4 is 35.0 Å². The van der Waals surface area contributed by atoms with Crippen molar-refractivity contribution in [2.24, 2.45) is 0 Å². The molecule has 0 fully saturated rings. The van der Waals surface area contributed by atoms with Crippen molar-refractivity contribution in [2.45, 2.75) is 17.1 Å². The van der Waals surface area contributed by atoms with Gasteiger partial charge in [-0.2, -0.15) is 0 Å². The van der Waals surface area contributed by atoms with Crippen LogP contribution in [0.4, 0.5) is 11.4 Å². The number of thioether (sulfide) groups is 1. The van der Waals surface area contributed by atoms with Gasteiger partial charge in [-0.05, 0) is 55.0 Å². The number of benzene rings is 4. The Hall–Kier alpha value is -4.03. The number of hydrogen-bond donors (Lipinski definition) is 2. The second-order valence-electron chi connectivity index (χ2n) is 7.94. The average Bonchev–Trinajstić information content (AvgIpc) is 2.89. The molecular weight excluding hydrogens is 456 g/mol. The zero-order valence-corrected chi connectivity index (χ0v) is 20.1. The van der Waals surface area contributed by atoms with Crippen LogP contribution in [-0.4, -0.2) is 18.4 Å². The molecule has 4 aromatic rings. The summed E-state index contributed by atoms with van der Waals surface area (Å²) in [6.45, 7) is 1.92. The maximum Gasteiger partial charge on any atom is 0.262 e. The molecule has 4 rings (SSSR count). The fraction of sp³-hybridized carbons (Fsp3) is 0.103. The summed E-state index contributed by atoms with van der Waals surface area (Å²) in [6, 6.07) is 34.0. The van der Waals surface area contributed by atoms with E-state index in [1.165, 1.54) is 11.8 Å². The van der Waals surface area contributed by atoms with E-state index in [0.29, 0.717) is 11.4 Å². The number of hydrogen-bond acceptors (Lipinski definition) is 4. The summed E-state index contributed by atoms with van der Waals surface area (Å²) in [6.07, 6.45) is 0. The van der Waals surface area contributed by atoms with Gasteiger partial charge in [0, 0.05) is 16.3 Å². The Morgan fingerprint density at radius 1 is 0.771 bits per heavy atom. The Balaban J connectivity index is 1.45. The van der Waals surface area contributed by atoms with Gasteiger partial charge in [0.15, 0.2) is 6.61 Å². The van der Waals surface area contributed by atoms with E-state index < -0.39 is 5.25 Å². The first kappa shape index (κ1) is 24.1. The summed E-state index contributed by atoms with van der Waals surface area (Å²) < 4.78 is 5.52. The third-order valence-electron chi connectivity index (χ3n) is 5.14. The molecule has 5 nitrogen and oxygen atoms in total. The largest absolute Gasteiger partial charge is 0.484 e. The zero-order chi connectivity index (χ0) is 24.5. The maximum atomic E-state index is 13.3. The van der Waals surface area contributed by atoms with Crippen molar-refractivity contribution in [3.05, 3.63) is 120 Å². The molecule has 0 aromatic heterocycles. The van der Waals surface area contributed by atoms with Crippen LogP contribution in [0.2, 0.25) is 0 Å². The van der Waals surface area contributed by atoms with E-state index >= 15 is 0 Å². The van der Waals surface area contributed by atoms with Crippen molar-refractivity contribution in [1.82, 2.24) is 0 Å².